The number of hydrogen-bond donors (Lipinski definition) is 2. The van der Waals surface area contributed by atoms with E-state index in [1.807, 2.05) is 0 Å². The summed E-state index contributed by atoms with van der Waals surface area (Å²) in [4.78, 5) is 15.9. The number of fused-ring (bicyclic) bond motifs is 4. The molecule has 1 unspecified atom stereocenters. The molecule has 5 nitrogen and oxygen atoms in total. The molecule has 0 amide bonds. The smallest absolute Gasteiger partial charge is 0.148 e. The molecule has 0 aromatic heterocycles. The Bertz CT molecular complexity index is 1310. The lowest BCUT2D eigenvalue weighted by molar-refractivity contribution is -0.130. The molecule has 2 N–H and O–H groups in total. The van der Waals surface area contributed by atoms with Gasteiger partial charge >= 0.3 is 0 Å². The van der Waals surface area contributed by atoms with Crippen LogP contribution in [0, 0.1) is 40.4 Å². The van der Waals surface area contributed by atoms with Crippen LogP contribution < -0.4 is 4.90 Å². The van der Waals surface area contributed by atoms with Crippen LogP contribution in [0.5, 0.6) is 0 Å². The predicted molar refractivity (Wildman–Crippen MR) is 155 cm³/mol. The molecule has 39 heavy (non-hydrogen) atoms. The number of allylic oxidation sites excluding steroid dienone is 4. The summed E-state index contributed by atoms with van der Waals surface area (Å²) in [5.41, 5.74) is 6.83. The molecule has 206 valence electrons. The second kappa shape index (κ2) is 9.97. The molecule has 3 fully saturated rings. The summed E-state index contributed by atoms with van der Waals surface area (Å²) >= 11 is 0. The number of carbonyl (C=O) groups excluding carboxylic acids is 1. The first-order chi connectivity index (χ1) is 18.8. The molecule has 1 saturated heterocycles. The van der Waals surface area contributed by atoms with Crippen LogP contribution in [0.25, 0.3) is 0 Å². The number of hydrogen-bond acceptors (Lipinski definition) is 5. The summed E-state index contributed by atoms with van der Waals surface area (Å²) in [6.45, 7) is 8.41. The Kier molecular flexibility index (Phi) is 6.74. The maximum absolute atomic E-state index is 13.4. The van der Waals surface area contributed by atoms with Gasteiger partial charge in [-0.25, -0.2) is 0 Å². The summed E-state index contributed by atoms with van der Waals surface area (Å²) in [5, 5.41) is 22.7. The van der Waals surface area contributed by atoms with Crippen molar-refractivity contribution < 1.29 is 15.1 Å². The minimum atomic E-state index is -0.715. The van der Waals surface area contributed by atoms with Gasteiger partial charge in [0.1, 0.15) is 12.4 Å². The highest BCUT2D eigenvalue weighted by molar-refractivity contribution is 5.97. The zero-order chi connectivity index (χ0) is 27.4. The lowest BCUT2D eigenvalue weighted by atomic mass is 9.47. The molecule has 1 aromatic rings. The Morgan fingerprint density at radius 2 is 1.92 bits per heavy atom. The number of ketones is 1. The first-order valence-corrected chi connectivity index (χ1v) is 15.0. The number of aliphatic hydroxyl groups excluding tert-OH is 1. The number of rotatable bonds is 3. The van der Waals surface area contributed by atoms with Crippen LogP contribution in [0.1, 0.15) is 83.6 Å². The quantitative estimate of drug-likeness (QED) is 0.277. The van der Waals surface area contributed by atoms with Crippen molar-refractivity contribution in [2.45, 2.75) is 78.1 Å². The standard InChI is InChI=1S/C34H42N2O3/c1-22-19-29-31-13-15-34(23(2)38,14-6-18-37)33(31,3)21-30(32(29)27-12-9-25(35-39)20-28(22)27)24-7-10-26(11-8-24)36-16-4-5-17-36/h7-8,10-11,20,22,29-31,37,39H,4-5,9,12-13,15-19,21H2,1-3H3/t22?,29-,30+,31-,33-,34+/m0/s1. The van der Waals surface area contributed by atoms with E-state index in [2.05, 4.69) is 66.1 Å². The normalized spacial score (nSPS) is 36.6. The van der Waals surface area contributed by atoms with Gasteiger partial charge in [0.15, 0.2) is 0 Å². The van der Waals surface area contributed by atoms with Crippen molar-refractivity contribution >= 4 is 17.2 Å². The first kappa shape index (κ1) is 26.4. The van der Waals surface area contributed by atoms with Crippen LogP contribution in [0.2, 0.25) is 0 Å². The summed E-state index contributed by atoms with van der Waals surface area (Å²) in [6.07, 6.45) is 10.0. The van der Waals surface area contributed by atoms with E-state index in [1.54, 1.807) is 12.5 Å². The summed E-state index contributed by atoms with van der Waals surface area (Å²) in [6, 6.07) is 9.27. The van der Waals surface area contributed by atoms with Crippen molar-refractivity contribution in [2.24, 2.45) is 33.7 Å². The van der Waals surface area contributed by atoms with Crippen molar-refractivity contribution in [2.75, 3.05) is 24.6 Å². The summed E-state index contributed by atoms with van der Waals surface area (Å²) in [7, 11) is 0. The largest absolute Gasteiger partial charge is 0.411 e. The topological polar surface area (TPSA) is 73.1 Å². The van der Waals surface area contributed by atoms with Gasteiger partial charge in [-0.05, 0) is 116 Å². The van der Waals surface area contributed by atoms with Crippen LogP contribution in [0.3, 0.4) is 0 Å². The maximum atomic E-state index is 13.4. The molecule has 5 heteroatoms. The zero-order valence-corrected chi connectivity index (χ0v) is 23.7. The van der Waals surface area contributed by atoms with Gasteiger partial charge in [-0.1, -0.05) is 48.5 Å². The number of oxime groups is 1. The number of nitrogens with zero attached hydrogens (tertiary/aromatic N) is 2. The van der Waals surface area contributed by atoms with E-state index in [0.717, 1.165) is 57.3 Å². The maximum Gasteiger partial charge on any atom is 0.148 e. The Morgan fingerprint density at radius 1 is 1.18 bits per heavy atom. The van der Waals surface area contributed by atoms with Gasteiger partial charge in [0, 0.05) is 24.7 Å². The van der Waals surface area contributed by atoms with E-state index >= 15 is 0 Å². The third-order valence-electron chi connectivity index (χ3n) is 11.2. The molecule has 0 bridgehead atoms. The summed E-state index contributed by atoms with van der Waals surface area (Å²) < 4.78 is 0. The van der Waals surface area contributed by atoms with Gasteiger partial charge in [0.25, 0.3) is 0 Å². The Hall–Kier alpha value is -2.84. The number of anilines is 1. The third kappa shape index (κ3) is 4.01. The van der Waals surface area contributed by atoms with Gasteiger partial charge < -0.3 is 15.2 Å². The molecular formula is C34H42N2O3. The Labute approximate surface area is 233 Å². The Balaban J connectivity index is 1.51. The van der Waals surface area contributed by atoms with Crippen molar-refractivity contribution in [1.29, 1.82) is 0 Å². The van der Waals surface area contributed by atoms with Crippen LogP contribution in [-0.4, -0.2) is 41.5 Å². The zero-order valence-electron chi connectivity index (χ0n) is 23.7. The van der Waals surface area contributed by atoms with Crippen molar-refractivity contribution in [3.8, 4) is 11.8 Å². The van der Waals surface area contributed by atoms with E-state index in [-0.39, 0.29) is 23.7 Å². The van der Waals surface area contributed by atoms with Crippen LogP contribution in [0.15, 0.2) is 52.2 Å². The molecular weight excluding hydrogens is 484 g/mol. The number of benzene rings is 1. The Morgan fingerprint density at radius 3 is 2.59 bits per heavy atom. The molecule has 1 aromatic carbocycles. The third-order valence-corrected chi connectivity index (χ3v) is 11.2. The van der Waals surface area contributed by atoms with E-state index < -0.39 is 5.41 Å². The molecule has 4 aliphatic carbocycles. The first-order valence-electron chi connectivity index (χ1n) is 15.0. The van der Waals surface area contributed by atoms with Crippen LogP contribution >= 0.6 is 0 Å². The van der Waals surface area contributed by atoms with Crippen molar-refractivity contribution in [3.05, 3.63) is 52.6 Å². The second-order valence-electron chi connectivity index (χ2n) is 12.9. The molecule has 0 radical (unpaired) electrons. The molecule has 0 spiro atoms. The fraction of sp³-hybridized carbons (Fsp3) is 0.588. The minimum Gasteiger partial charge on any atom is -0.411 e. The van der Waals surface area contributed by atoms with Crippen LogP contribution in [0.4, 0.5) is 5.69 Å². The highest BCUT2D eigenvalue weighted by atomic mass is 16.4. The van der Waals surface area contributed by atoms with E-state index in [1.165, 1.54) is 35.2 Å². The minimum absolute atomic E-state index is 0.151. The molecule has 6 atom stereocenters. The molecule has 1 aliphatic heterocycles. The summed E-state index contributed by atoms with van der Waals surface area (Å²) in [5.74, 6) is 7.81. The highest BCUT2D eigenvalue weighted by Crippen LogP contribution is 2.70. The fourth-order valence-corrected chi connectivity index (χ4v) is 9.32. The van der Waals surface area contributed by atoms with Crippen molar-refractivity contribution in [3.63, 3.8) is 0 Å². The molecule has 6 rings (SSSR count). The van der Waals surface area contributed by atoms with Gasteiger partial charge in [0.2, 0.25) is 0 Å². The van der Waals surface area contributed by atoms with Gasteiger partial charge in [-0.2, -0.15) is 0 Å². The fourth-order valence-electron chi connectivity index (χ4n) is 9.32. The SMILES string of the molecule is CC(=O)[C@@]1(C#CCO)CC[C@H]2[C@@H]3CC(C)C4=CC(=NO)CCC4=C3[C@@H](c3ccc(N4CCCC4)cc3)C[C@@]21C. The van der Waals surface area contributed by atoms with Crippen LogP contribution in [-0.2, 0) is 4.79 Å². The van der Waals surface area contributed by atoms with Gasteiger partial charge in [-0.3, -0.25) is 4.79 Å². The average molecular weight is 527 g/mol. The number of aliphatic hydroxyl groups is 1. The van der Waals surface area contributed by atoms with E-state index in [9.17, 15) is 15.1 Å². The monoisotopic (exact) mass is 526 g/mol. The van der Waals surface area contributed by atoms with E-state index in [4.69, 9.17) is 0 Å². The molecule has 1 heterocycles. The highest BCUT2D eigenvalue weighted by Gasteiger charge is 2.65. The lowest BCUT2D eigenvalue weighted by Gasteiger charge is -2.55. The number of Topliss-reactive ketones (excluding diaryl/α,β-unsaturated/α-hetero) is 1. The molecule has 2 saturated carbocycles. The van der Waals surface area contributed by atoms with Gasteiger partial charge in [0.05, 0.1) is 11.1 Å². The van der Waals surface area contributed by atoms with E-state index in [0.29, 0.717) is 17.8 Å². The second-order valence-corrected chi connectivity index (χ2v) is 12.9. The average Bonchev–Trinajstić information content (AvgIpc) is 3.58. The lowest BCUT2D eigenvalue weighted by Crippen LogP contribution is -2.50. The number of carbonyl (C=O) groups is 1. The van der Waals surface area contributed by atoms with Crippen molar-refractivity contribution in [1.82, 2.24) is 0 Å². The molecule has 5 aliphatic rings. The predicted octanol–water partition coefficient (Wildman–Crippen LogP) is 6.26. The van der Waals surface area contributed by atoms with Gasteiger partial charge in [-0.15, -0.1) is 0 Å².